The molecule has 1 fully saturated rings. The summed E-state index contributed by atoms with van der Waals surface area (Å²) in [6.07, 6.45) is 4.33. The summed E-state index contributed by atoms with van der Waals surface area (Å²) in [4.78, 5) is 20.7. The fourth-order valence-corrected chi connectivity index (χ4v) is 2.26. The Kier molecular flexibility index (Phi) is 3.33. The highest BCUT2D eigenvalue weighted by molar-refractivity contribution is 5.99. The number of ether oxygens (including phenoxy) is 1. The number of benzene rings is 1. The molecule has 1 aromatic carbocycles. The van der Waals surface area contributed by atoms with Gasteiger partial charge >= 0.3 is 0 Å². The van der Waals surface area contributed by atoms with E-state index in [1.54, 1.807) is 24.5 Å². The number of amides is 1. The number of hydrogen-bond donors (Lipinski definition) is 2. The average Bonchev–Trinajstić information content (AvgIpc) is 2.48. The van der Waals surface area contributed by atoms with Gasteiger partial charge in [-0.3, -0.25) is 14.8 Å². The molecule has 2 aromatic rings. The van der Waals surface area contributed by atoms with E-state index in [-0.39, 0.29) is 5.91 Å². The topological polar surface area (TPSA) is 90.1 Å². The van der Waals surface area contributed by atoms with E-state index in [4.69, 9.17) is 10.5 Å². The molecular weight excluding hydrogens is 256 g/mol. The van der Waals surface area contributed by atoms with Crippen molar-refractivity contribution in [2.75, 3.05) is 18.5 Å². The van der Waals surface area contributed by atoms with Gasteiger partial charge in [-0.05, 0) is 31.0 Å². The predicted molar refractivity (Wildman–Crippen MR) is 75.1 cm³/mol. The van der Waals surface area contributed by atoms with Crippen molar-refractivity contribution >= 4 is 22.6 Å². The molecule has 6 nitrogen and oxygen atoms in total. The molecule has 1 amide bonds. The number of nitrogens with one attached hydrogen (secondary N) is 1. The van der Waals surface area contributed by atoms with Crippen molar-refractivity contribution in [2.45, 2.75) is 18.4 Å². The van der Waals surface area contributed by atoms with E-state index in [0.29, 0.717) is 31.7 Å². The van der Waals surface area contributed by atoms with Crippen LogP contribution in [0.15, 0.2) is 30.6 Å². The molecule has 3 rings (SSSR count). The van der Waals surface area contributed by atoms with Crippen LogP contribution >= 0.6 is 0 Å². The second-order valence-corrected chi connectivity index (χ2v) is 4.98. The molecule has 2 heterocycles. The zero-order valence-electron chi connectivity index (χ0n) is 11.0. The van der Waals surface area contributed by atoms with Crippen LogP contribution in [-0.2, 0) is 9.53 Å². The molecule has 1 aliphatic heterocycles. The lowest BCUT2D eigenvalue weighted by atomic mass is 9.90. The van der Waals surface area contributed by atoms with Gasteiger partial charge in [-0.25, -0.2) is 0 Å². The smallest absolute Gasteiger partial charge is 0.244 e. The van der Waals surface area contributed by atoms with Crippen LogP contribution in [0, 0.1) is 0 Å². The molecule has 0 spiro atoms. The Balaban J connectivity index is 1.80. The summed E-state index contributed by atoms with van der Waals surface area (Å²) in [6, 6.07) is 5.42. The first kappa shape index (κ1) is 13.0. The molecular formula is C14H16N4O2. The van der Waals surface area contributed by atoms with Crippen molar-refractivity contribution in [3.8, 4) is 0 Å². The lowest BCUT2D eigenvalue weighted by Crippen LogP contribution is -2.54. The third kappa shape index (κ3) is 2.48. The van der Waals surface area contributed by atoms with Gasteiger partial charge in [-0.15, -0.1) is 0 Å². The quantitative estimate of drug-likeness (QED) is 0.853. The summed E-state index contributed by atoms with van der Waals surface area (Å²) in [6.45, 7) is 1.04. The first-order valence-electron chi connectivity index (χ1n) is 6.56. The van der Waals surface area contributed by atoms with E-state index in [1.165, 1.54) is 0 Å². The van der Waals surface area contributed by atoms with Crippen LogP contribution in [0.5, 0.6) is 0 Å². The Morgan fingerprint density at radius 2 is 1.90 bits per heavy atom. The van der Waals surface area contributed by atoms with Gasteiger partial charge in [-0.1, -0.05) is 0 Å². The molecule has 0 saturated carbocycles. The number of rotatable bonds is 2. The number of anilines is 1. The Bertz CT molecular complexity index is 638. The molecule has 0 unspecified atom stereocenters. The summed E-state index contributed by atoms with van der Waals surface area (Å²) in [5.41, 5.74) is 7.50. The van der Waals surface area contributed by atoms with Gasteiger partial charge in [0.05, 0.1) is 11.0 Å². The maximum atomic E-state index is 12.3. The number of carbonyl (C=O) groups excluding carboxylic acids is 1. The highest BCUT2D eigenvalue weighted by Crippen LogP contribution is 2.21. The number of fused-ring (bicyclic) bond motifs is 1. The fourth-order valence-electron chi connectivity index (χ4n) is 2.26. The standard InChI is InChI=1S/C14H16N4O2/c15-14(3-7-20-8-4-14)13(19)18-10-1-2-11-12(9-10)17-6-5-16-11/h1-2,5-6,9H,3-4,7-8,15H2,(H,18,19). The summed E-state index contributed by atoms with van der Waals surface area (Å²) in [5.74, 6) is -0.177. The van der Waals surface area contributed by atoms with Gasteiger partial charge in [0, 0.05) is 31.3 Å². The first-order valence-corrected chi connectivity index (χ1v) is 6.56. The summed E-state index contributed by atoms with van der Waals surface area (Å²) in [5, 5.41) is 2.86. The molecule has 3 N–H and O–H groups in total. The molecule has 0 atom stereocenters. The molecule has 104 valence electrons. The Morgan fingerprint density at radius 3 is 2.65 bits per heavy atom. The normalized spacial score (nSPS) is 17.9. The number of carbonyl (C=O) groups is 1. The van der Waals surface area contributed by atoms with Crippen LogP contribution in [0.1, 0.15) is 12.8 Å². The Hall–Kier alpha value is -2.05. The van der Waals surface area contributed by atoms with Crippen LogP contribution in [-0.4, -0.2) is 34.6 Å². The zero-order valence-corrected chi connectivity index (χ0v) is 11.0. The lowest BCUT2D eigenvalue weighted by Gasteiger charge is -2.31. The molecule has 20 heavy (non-hydrogen) atoms. The average molecular weight is 272 g/mol. The molecule has 0 aliphatic carbocycles. The minimum Gasteiger partial charge on any atom is -0.381 e. The van der Waals surface area contributed by atoms with Crippen molar-refractivity contribution in [3.05, 3.63) is 30.6 Å². The third-order valence-electron chi connectivity index (χ3n) is 3.56. The molecule has 1 saturated heterocycles. The largest absolute Gasteiger partial charge is 0.381 e. The van der Waals surface area contributed by atoms with Gasteiger partial charge in [0.25, 0.3) is 0 Å². The molecule has 0 bridgehead atoms. The van der Waals surface area contributed by atoms with E-state index in [2.05, 4.69) is 15.3 Å². The lowest BCUT2D eigenvalue weighted by molar-refractivity contribution is -0.124. The number of aromatic nitrogens is 2. The van der Waals surface area contributed by atoms with Crippen molar-refractivity contribution in [1.82, 2.24) is 9.97 Å². The summed E-state index contributed by atoms with van der Waals surface area (Å²) in [7, 11) is 0. The van der Waals surface area contributed by atoms with Gasteiger partial charge in [-0.2, -0.15) is 0 Å². The first-order chi connectivity index (χ1) is 9.67. The monoisotopic (exact) mass is 272 g/mol. The molecule has 0 radical (unpaired) electrons. The Morgan fingerprint density at radius 1 is 1.20 bits per heavy atom. The zero-order chi connectivity index (χ0) is 14.0. The third-order valence-corrected chi connectivity index (χ3v) is 3.56. The van der Waals surface area contributed by atoms with Crippen molar-refractivity contribution < 1.29 is 9.53 Å². The highest BCUT2D eigenvalue weighted by atomic mass is 16.5. The van der Waals surface area contributed by atoms with Crippen molar-refractivity contribution in [1.29, 1.82) is 0 Å². The van der Waals surface area contributed by atoms with Crippen molar-refractivity contribution in [3.63, 3.8) is 0 Å². The van der Waals surface area contributed by atoms with Gasteiger partial charge in [0.1, 0.15) is 5.54 Å². The predicted octanol–water partition coefficient (Wildman–Crippen LogP) is 1.08. The van der Waals surface area contributed by atoms with Crippen LogP contribution in [0.2, 0.25) is 0 Å². The number of nitrogens with zero attached hydrogens (tertiary/aromatic N) is 2. The second kappa shape index (κ2) is 5.15. The van der Waals surface area contributed by atoms with Gasteiger partial charge < -0.3 is 15.8 Å². The SMILES string of the molecule is NC1(C(=O)Nc2ccc3nccnc3c2)CCOCC1. The van der Waals surface area contributed by atoms with Crippen LogP contribution < -0.4 is 11.1 Å². The van der Waals surface area contributed by atoms with Crippen LogP contribution in [0.3, 0.4) is 0 Å². The Labute approximate surface area is 116 Å². The molecule has 1 aliphatic rings. The van der Waals surface area contributed by atoms with Crippen molar-refractivity contribution in [2.24, 2.45) is 5.73 Å². The van der Waals surface area contributed by atoms with Gasteiger partial charge in [0.15, 0.2) is 0 Å². The van der Waals surface area contributed by atoms with Crippen LogP contribution in [0.25, 0.3) is 11.0 Å². The molecule has 6 heteroatoms. The van der Waals surface area contributed by atoms with E-state index in [9.17, 15) is 4.79 Å². The number of hydrogen-bond acceptors (Lipinski definition) is 5. The van der Waals surface area contributed by atoms with Gasteiger partial charge in [0.2, 0.25) is 5.91 Å². The molecule has 1 aromatic heterocycles. The van der Waals surface area contributed by atoms with E-state index in [0.717, 1.165) is 11.0 Å². The van der Waals surface area contributed by atoms with E-state index >= 15 is 0 Å². The van der Waals surface area contributed by atoms with E-state index in [1.807, 2.05) is 6.07 Å². The minimum atomic E-state index is -0.852. The summed E-state index contributed by atoms with van der Waals surface area (Å²) >= 11 is 0. The minimum absolute atomic E-state index is 0.177. The second-order valence-electron chi connectivity index (χ2n) is 4.98. The highest BCUT2D eigenvalue weighted by Gasteiger charge is 2.35. The summed E-state index contributed by atoms with van der Waals surface area (Å²) < 4.78 is 5.24. The number of nitrogens with two attached hydrogens (primary N) is 1. The van der Waals surface area contributed by atoms with E-state index < -0.39 is 5.54 Å². The maximum Gasteiger partial charge on any atom is 0.244 e. The van der Waals surface area contributed by atoms with Crippen LogP contribution in [0.4, 0.5) is 5.69 Å². The fraction of sp³-hybridized carbons (Fsp3) is 0.357. The maximum absolute atomic E-state index is 12.3.